The summed E-state index contributed by atoms with van der Waals surface area (Å²) in [7, 11) is 1.25. The minimum atomic E-state index is -0.649. The predicted molar refractivity (Wildman–Crippen MR) is 96.2 cm³/mol. The molecule has 128 valence electrons. The van der Waals surface area contributed by atoms with Crippen molar-refractivity contribution in [2.24, 2.45) is 0 Å². The molecule has 5 nitrogen and oxygen atoms in total. The van der Waals surface area contributed by atoms with Gasteiger partial charge in [-0.3, -0.25) is 4.79 Å². The van der Waals surface area contributed by atoms with Gasteiger partial charge >= 0.3 is 5.97 Å². The average Bonchev–Trinajstić information content (AvgIpc) is 2.66. The summed E-state index contributed by atoms with van der Waals surface area (Å²) in [6, 6.07) is 15.4. The lowest BCUT2D eigenvalue weighted by atomic mass is 10.1. The Kier molecular flexibility index (Phi) is 5.14. The largest absolute Gasteiger partial charge is 0.494 e. The first-order valence-electron chi connectivity index (χ1n) is 8.09. The summed E-state index contributed by atoms with van der Waals surface area (Å²) < 4.78 is 10.4. The van der Waals surface area contributed by atoms with E-state index in [-0.39, 0.29) is 11.0 Å². The average molecular weight is 337 g/mol. The first kappa shape index (κ1) is 16.8. The zero-order chi connectivity index (χ0) is 17.6. The van der Waals surface area contributed by atoms with E-state index in [2.05, 4.69) is 21.9 Å². The van der Waals surface area contributed by atoms with Crippen molar-refractivity contribution in [1.82, 2.24) is 4.98 Å². The second-order valence-electron chi connectivity index (χ2n) is 5.67. The Bertz CT molecular complexity index is 931. The molecule has 0 aliphatic heterocycles. The van der Waals surface area contributed by atoms with E-state index in [0.717, 1.165) is 12.8 Å². The van der Waals surface area contributed by atoms with Gasteiger partial charge in [0.2, 0.25) is 5.43 Å². The van der Waals surface area contributed by atoms with E-state index in [4.69, 9.17) is 4.74 Å². The number of hydrogen-bond acceptors (Lipinski definition) is 4. The number of carbonyl (C=O) groups excluding carboxylic acids is 1. The molecular formula is C20H19NO4. The Morgan fingerprint density at radius 3 is 2.68 bits per heavy atom. The molecule has 0 bridgehead atoms. The van der Waals surface area contributed by atoms with Crippen LogP contribution < -0.4 is 10.2 Å². The normalized spacial score (nSPS) is 10.6. The quantitative estimate of drug-likeness (QED) is 0.553. The molecule has 0 amide bonds. The van der Waals surface area contributed by atoms with Gasteiger partial charge < -0.3 is 14.5 Å². The third-order valence-corrected chi connectivity index (χ3v) is 3.98. The molecule has 1 heterocycles. The molecule has 0 aliphatic carbocycles. The summed E-state index contributed by atoms with van der Waals surface area (Å²) in [5.74, 6) is 0.0337. The van der Waals surface area contributed by atoms with Gasteiger partial charge in [0.05, 0.1) is 19.2 Å². The SMILES string of the molecule is COC(=O)c1c[nH]c2cc(OCCCc3ccccc3)ccc2c1=O. The van der Waals surface area contributed by atoms with Crippen molar-refractivity contribution in [3.63, 3.8) is 0 Å². The lowest BCUT2D eigenvalue weighted by Crippen LogP contribution is -2.16. The highest BCUT2D eigenvalue weighted by molar-refractivity contribution is 5.93. The van der Waals surface area contributed by atoms with Gasteiger partial charge in [0.1, 0.15) is 11.3 Å². The molecule has 0 saturated heterocycles. The van der Waals surface area contributed by atoms with Crippen molar-refractivity contribution in [2.45, 2.75) is 12.8 Å². The number of aromatic nitrogens is 1. The number of methoxy groups -OCH3 is 1. The van der Waals surface area contributed by atoms with Crippen LogP contribution in [0.1, 0.15) is 22.3 Å². The number of aromatic amines is 1. The van der Waals surface area contributed by atoms with Gasteiger partial charge in [0.25, 0.3) is 0 Å². The Balaban J connectivity index is 1.67. The maximum atomic E-state index is 12.3. The number of H-pyrrole nitrogens is 1. The number of rotatable bonds is 6. The second-order valence-corrected chi connectivity index (χ2v) is 5.67. The highest BCUT2D eigenvalue weighted by Gasteiger charge is 2.13. The zero-order valence-electron chi connectivity index (χ0n) is 14.0. The molecular weight excluding hydrogens is 318 g/mol. The fourth-order valence-electron chi connectivity index (χ4n) is 2.66. The first-order chi connectivity index (χ1) is 12.2. The van der Waals surface area contributed by atoms with E-state index in [1.807, 2.05) is 18.2 Å². The summed E-state index contributed by atoms with van der Waals surface area (Å²) in [5, 5.41) is 0.430. The maximum Gasteiger partial charge on any atom is 0.343 e. The lowest BCUT2D eigenvalue weighted by Gasteiger charge is -2.08. The molecule has 0 aliphatic rings. The smallest absolute Gasteiger partial charge is 0.343 e. The number of fused-ring (bicyclic) bond motifs is 1. The van der Waals surface area contributed by atoms with Crippen LogP contribution >= 0.6 is 0 Å². The molecule has 1 N–H and O–H groups in total. The van der Waals surface area contributed by atoms with Gasteiger partial charge in [-0.1, -0.05) is 30.3 Å². The highest BCUT2D eigenvalue weighted by Crippen LogP contribution is 2.18. The van der Waals surface area contributed by atoms with Gasteiger partial charge in [-0.2, -0.15) is 0 Å². The molecule has 1 aromatic heterocycles. The van der Waals surface area contributed by atoms with Crippen molar-refractivity contribution < 1.29 is 14.3 Å². The summed E-state index contributed by atoms with van der Waals surface area (Å²) in [6.07, 6.45) is 3.23. The number of aryl methyl sites for hydroxylation is 1. The minimum absolute atomic E-state index is 0.00784. The Hall–Kier alpha value is -3.08. The fourth-order valence-corrected chi connectivity index (χ4v) is 2.66. The zero-order valence-corrected chi connectivity index (χ0v) is 14.0. The predicted octanol–water partition coefficient (Wildman–Crippen LogP) is 3.33. The number of hydrogen-bond donors (Lipinski definition) is 1. The van der Waals surface area contributed by atoms with Crippen LogP contribution in [-0.4, -0.2) is 24.7 Å². The molecule has 0 unspecified atom stereocenters. The minimum Gasteiger partial charge on any atom is -0.494 e. The van der Waals surface area contributed by atoms with Crippen LogP contribution in [0.4, 0.5) is 0 Å². The standard InChI is InChI=1S/C20H19NO4/c1-24-20(23)17-13-21-18-12-15(9-10-16(18)19(17)22)25-11-5-8-14-6-3-2-4-7-14/h2-4,6-7,9-10,12-13H,5,8,11H2,1H3,(H,21,22). The summed E-state index contributed by atoms with van der Waals surface area (Å²) >= 11 is 0. The number of ether oxygens (including phenoxy) is 2. The molecule has 0 atom stereocenters. The third-order valence-electron chi connectivity index (χ3n) is 3.98. The molecule has 3 rings (SSSR count). The molecule has 2 aromatic carbocycles. The topological polar surface area (TPSA) is 68.4 Å². The molecule has 3 aromatic rings. The van der Waals surface area contributed by atoms with Gasteiger partial charge in [-0.05, 0) is 30.5 Å². The second kappa shape index (κ2) is 7.66. The van der Waals surface area contributed by atoms with Crippen LogP contribution in [0.25, 0.3) is 10.9 Å². The molecule has 0 spiro atoms. The van der Waals surface area contributed by atoms with E-state index in [1.54, 1.807) is 18.2 Å². The first-order valence-corrected chi connectivity index (χ1v) is 8.09. The van der Waals surface area contributed by atoms with Crippen LogP contribution in [0.5, 0.6) is 5.75 Å². The number of carbonyl (C=O) groups is 1. The van der Waals surface area contributed by atoms with Crippen molar-refractivity contribution in [3.8, 4) is 5.75 Å². The Morgan fingerprint density at radius 2 is 1.92 bits per heavy atom. The Labute approximate surface area is 145 Å². The van der Waals surface area contributed by atoms with Crippen molar-refractivity contribution in [2.75, 3.05) is 13.7 Å². The summed E-state index contributed by atoms with van der Waals surface area (Å²) in [6.45, 7) is 0.588. The fraction of sp³-hybridized carbons (Fsp3) is 0.200. The summed E-state index contributed by atoms with van der Waals surface area (Å²) in [4.78, 5) is 26.8. The number of esters is 1. The van der Waals surface area contributed by atoms with E-state index in [9.17, 15) is 9.59 Å². The van der Waals surface area contributed by atoms with Crippen molar-refractivity contribution in [1.29, 1.82) is 0 Å². The van der Waals surface area contributed by atoms with Gasteiger partial charge in [0.15, 0.2) is 0 Å². The van der Waals surface area contributed by atoms with E-state index in [1.165, 1.54) is 18.9 Å². The number of pyridine rings is 1. The number of benzene rings is 2. The third kappa shape index (κ3) is 3.88. The van der Waals surface area contributed by atoms with Crippen molar-refractivity contribution >= 4 is 16.9 Å². The maximum absolute atomic E-state index is 12.3. The molecule has 5 heteroatoms. The van der Waals surface area contributed by atoms with E-state index >= 15 is 0 Å². The van der Waals surface area contributed by atoms with Gasteiger partial charge in [-0.25, -0.2) is 4.79 Å². The van der Waals surface area contributed by atoms with E-state index in [0.29, 0.717) is 23.3 Å². The molecule has 0 saturated carbocycles. The van der Waals surface area contributed by atoms with E-state index < -0.39 is 5.97 Å². The van der Waals surface area contributed by atoms with Crippen LogP contribution in [0.2, 0.25) is 0 Å². The highest BCUT2D eigenvalue weighted by atomic mass is 16.5. The molecule has 25 heavy (non-hydrogen) atoms. The van der Waals surface area contributed by atoms with Crippen LogP contribution in [-0.2, 0) is 11.2 Å². The Morgan fingerprint density at radius 1 is 1.12 bits per heavy atom. The number of nitrogens with one attached hydrogen (secondary N) is 1. The summed E-state index contributed by atoms with van der Waals surface area (Å²) in [5.41, 5.74) is 1.55. The van der Waals surface area contributed by atoms with Gasteiger partial charge in [0, 0.05) is 17.6 Å². The monoisotopic (exact) mass is 337 g/mol. The van der Waals surface area contributed by atoms with Crippen molar-refractivity contribution in [3.05, 3.63) is 76.1 Å². The molecule has 0 radical (unpaired) electrons. The van der Waals surface area contributed by atoms with Gasteiger partial charge in [-0.15, -0.1) is 0 Å². The molecule has 0 fully saturated rings. The van der Waals surface area contributed by atoms with Crippen LogP contribution in [0.3, 0.4) is 0 Å². The van der Waals surface area contributed by atoms with Crippen LogP contribution in [0, 0.1) is 0 Å². The lowest BCUT2D eigenvalue weighted by molar-refractivity contribution is 0.0599. The van der Waals surface area contributed by atoms with Crippen LogP contribution in [0.15, 0.2) is 59.5 Å².